The Morgan fingerprint density at radius 1 is 1.42 bits per heavy atom. The smallest absolute Gasteiger partial charge is 0.233 e. The third-order valence-electron chi connectivity index (χ3n) is 2.74. The number of ether oxygens (including phenoxy) is 1. The van der Waals surface area contributed by atoms with Gasteiger partial charge in [0.15, 0.2) is 0 Å². The fraction of sp³-hybridized carbons (Fsp3) is 0.692. The van der Waals surface area contributed by atoms with Gasteiger partial charge in [-0.05, 0) is 26.3 Å². The molecule has 0 saturated carbocycles. The number of hydrogen-bond donors (Lipinski definition) is 2. The molecule has 108 valence electrons. The van der Waals surface area contributed by atoms with Crippen molar-refractivity contribution in [2.75, 3.05) is 33.4 Å². The van der Waals surface area contributed by atoms with E-state index < -0.39 is 0 Å². The van der Waals surface area contributed by atoms with Gasteiger partial charge in [-0.1, -0.05) is 0 Å². The Balaban J connectivity index is 2.07. The first kappa shape index (κ1) is 15.7. The van der Waals surface area contributed by atoms with Gasteiger partial charge < -0.3 is 15.4 Å². The summed E-state index contributed by atoms with van der Waals surface area (Å²) in [5, 5.41) is 10.2. The number of hydrogen-bond acceptors (Lipinski definition) is 4. The number of rotatable bonds is 9. The molecule has 0 aliphatic heterocycles. The molecule has 0 aliphatic rings. The van der Waals surface area contributed by atoms with Crippen LogP contribution in [0.3, 0.4) is 0 Å². The zero-order chi connectivity index (χ0) is 14.1. The fourth-order valence-electron chi connectivity index (χ4n) is 1.80. The molecule has 19 heavy (non-hydrogen) atoms. The van der Waals surface area contributed by atoms with E-state index in [0.29, 0.717) is 26.2 Å². The Kier molecular flexibility index (Phi) is 7.14. The second-order valence-electron chi connectivity index (χ2n) is 4.52. The molecule has 0 aromatic carbocycles. The zero-order valence-corrected chi connectivity index (χ0v) is 12.0. The minimum Gasteiger partial charge on any atom is -0.383 e. The number of carbonyl (C=O) groups excluding carboxylic acids is 1. The summed E-state index contributed by atoms with van der Waals surface area (Å²) in [7, 11) is 1.64. The van der Waals surface area contributed by atoms with E-state index in [1.807, 2.05) is 18.5 Å². The van der Waals surface area contributed by atoms with Crippen LogP contribution in [0.15, 0.2) is 6.07 Å². The highest BCUT2D eigenvalue weighted by atomic mass is 16.5. The molecule has 0 unspecified atom stereocenters. The molecule has 1 aromatic rings. The molecule has 6 heteroatoms. The molecule has 1 rings (SSSR count). The highest BCUT2D eigenvalue weighted by molar-refractivity contribution is 5.77. The minimum atomic E-state index is 0.0180. The lowest BCUT2D eigenvalue weighted by molar-refractivity contribution is -0.120. The quantitative estimate of drug-likeness (QED) is 0.630. The Bertz CT molecular complexity index is 390. The molecular formula is C13H24N4O2. The lowest BCUT2D eigenvalue weighted by Gasteiger charge is -2.07. The fourth-order valence-corrected chi connectivity index (χ4v) is 1.80. The number of amides is 1. The normalized spacial score (nSPS) is 10.7. The van der Waals surface area contributed by atoms with Crippen LogP contribution in [0.25, 0.3) is 0 Å². The Morgan fingerprint density at radius 2 is 2.21 bits per heavy atom. The number of methoxy groups -OCH3 is 1. The molecular weight excluding hydrogens is 244 g/mol. The van der Waals surface area contributed by atoms with Crippen LogP contribution in [0.4, 0.5) is 0 Å². The van der Waals surface area contributed by atoms with Crippen LogP contribution in [-0.2, 0) is 16.1 Å². The van der Waals surface area contributed by atoms with Crippen molar-refractivity contribution in [2.45, 2.75) is 26.8 Å². The highest BCUT2D eigenvalue weighted by Gasteiger charge is 2.02. The average Bonchev–Trinajstić information content (AvgIpc) is 2.69. The summed E-state index contributed by atoms with van der Waals surface area (Å²) in [4.78, 5) is 11.5. The van der Waals surface area contributed by atoms with Gasteiger partial charge in [0.2, 0.25) is 5.91 Å². The van der Waals surface area contributed by atoms with Crippen LogP contribution in [0.5, 0.6) is 0 Å². The third kappa shape index (κ3) is 6.35. The van der Waals surface area contributed by atoms with Crippen LogP contribution in [0, 0.1) is 13.8 Å². The molecule has 0 spiro atoms. The van der Waals surface area contributed by atoms with Crippen molar-refractivity contribution in [3.63, 3.8) is 0 Å². The molecule has 6 nitrogen and oxygen atoms in total. The van der Waals surface area contributed by atoms with Gasteiger partial charge in [0.25, 0.3) is 0 Å². The monoisotopic (exact) mass is 268 g/mol. The maximum atomic E-state index is 11.5. The molecule has 0 atom stereocenters. The van der Waals surface area contributed by atoms with E-state index in [1.54, 1.807) is 7.11 Å². The Hall–Kier alpha value is -1.40. The molecule has 0 bridgehead atoms. The van der Waals surface area contributed by atoms with E-state index in [-0.39, 0.29) is 5.91 Å². The van der Waals surface area contributed by atoms with Gasteiger partial charge in [0, 0.05) is 32.4 Å². The second kappa shape index (κ2) is 8.66. The van der Waals surface area contributed by atoms with Gasteiger partial charge in [-0.2, -0.15) is 5.10 Å². The molecule has 2 N–H and O–H groups in total. The largest absolute Gasteiger partial charge is 0.383 e. The Labute approximate surface area is 114 Å². The van der Waals surface area contributed by atoms with Crippen LogP contribution in [0.1, 0.15) is 17.8 Å². The number of carbonyl (C=O) groups is 1. The van der Waals surface area contributed by atoms with E-state index in [1.165, 1.54) is 0 Å². The molecule has 0 fully saturated rings. The first-order valence-corrected chi connectivity index (χ1v) is 6.61. The van der Waals surface area contributed by atoms with E-state index in [0.717, 1.165) is 24.4 Å². The predicted octanol–water partition coefficient (Wildman–Crippen LogP) is 0.242. The van der Waals surface area contributed by atoms with Gasteiger partial charge in [-0.3, -0.25) is 9.48 Å². The number of aryl methyl sites for hydroxylation is 3. The Morgan fingerprint density at radius 3 is 2.84 bits per heavy atom. The molecule has 0 radical (unpaired) electrons. The van der Waals surface area contributed by atoms with Crippen LogP contribution < -0.4 is 10.6 Å². The molecule has 0 saturated heterocycles. The summed E-state index contributed by atoms with van der Waals surface area (Å²) in [5.41, 5.74) is 2.19. The van der Waals surface area contributed by atoms with Gasteiger partial charge in [-0.25, -0.2) is 0 Å². The van der Waals surface area contributed by atoms with Crippen molar-refractivity contribution >= 4 is 5.91 Å². The predicted molar refractivity (Wildman–Crippen MR) is 74.1 cm³/mol. The minimum absolute atomic E-state index is 0.0180. The summed E-state index contributed by atoms with van der Waals surface area (Å²) in [5.74, 6) is 0.0180. The topological polar surface area (TPSA) is 68.2 Å². The molecule has 0 aliphatic carbocycles. The van der Waals surface area contributed by atoms with Gasteiger partial charge in [0.1, 0.15) is 0 Å². The number of nitrogens with one attached hydrogen (secondary N) is 2. The summed E-state index contributed by atoms with van der Waals surface area (Å²) in [6, 6.07) is 2.05. The average molecular weight is 268 g/mol. The summed E-state index contributed by atoms with van der Waals surface area (Å²) in [6.45, 7) is 7.17. The maximum Gasteiger partial charge on any atom is 0.233 e. The van der Waals surface area contributed by atoms with Gasteiger partial charge in [0.05, 0.1) is 18.8 Å². The third-order valence-corrected chi connectivity index (χ3v) is 2.74. The highest BCUT2D eigenvalue weighted by Crippen LogP contribution is 2.01. The van der Waals surface area contributed by atoms with Gasteiger partial charge in [-0.15, -0.1) is 0 Å². The van der Waals surface area contributed by atoms with Crippen molar-refractivity contribution < 1.29 is 9.53 Å². The van der Waals surface area contributed by atoms with Crippen molar-refractivity contribution in [2.24, 2.45) is 0 Å². The van der Waals surface area contributed by atoms with E-state index in [4.69, 9.17) is 4.74 Å². The van der Waals surface area contributed by atoms with E-state index in [2.05, 4.69) is 21.8 Å². The maximum absolute atomic E-state index is 11.5. The molecule has 1 heterocycles. The molecule has 1 aromatic heterocycles. The second-order valence-corrected chi connectivity index (χ2v) is 4.52. The van der Waals surface area contributed by atoms with Crippen LogP contribution in [-0.4, -0.2) is 49.0 Å². The SMILES string of the molecule is COCCNCC(=O)NCCCn1nc(C)cc1C. The van der Waals surface area contributed by atoms with E-state index in [9.17, 15) is 4.79 Å². The van der Waals surface area contributed by atoms with Crippen molar-refractivity contribution in [3.05, 3.63) is 17.5 Å². The van der Waals surface area contributed by atoms with E-state index >= 15 is 0 Å². The number of nitrogens with zero attached hydrogens (tertiary/aromatic N) is 2. The number of aromatic nitrogens is 2. The van der Waals surface area contributed by atoms with Gasteiger partial charge >= 0.3 is 0 Å². The first-order valence-electron chi connectivity index (χ1n) is 6.61. The van der Waals surface area contributed by atoms with Crippen molar-refractivity contribution in [1.29, 1.82) is 0 Å². The lowest BCUT2D eigenvalue weighted by atomic mass is 10.4. The van der Waals surface area contributed by atoms with Crippen LogP contribution in [0.2, 0.25) is 0 Å². The zero-order valence-electron chi connectivity index (χ0n) is 12.0. The van der Waals surface area contributed by atoms with Crippen LogP contribution >= 0.6 is 0 Å². The summed E-state index contributed by atoms with van der Waals surface area (Å²) >= 11 is 0. The molecule has 1 amide bonds. The van der Waals surface area contributed by atoms with Crippen molar-refractivity contribution in [3.8, 4) is 0 Å². The standard InChI is InChI=1S/C13H24N4O2/c1-11-9-12(2)17(16-11)7-4-5-15-13(18)10-14-6-8-19-3/h9,14H,4-8,10H2,1-3H3,(H,15,18). The summed E-state index contributed by atoms with van der Waals surface area (Å²) < 4.78 is 6.85. The lowest BCUT2D eigenvalue weighted by Crippen LogP contribution is -2.35. The van der Waals surface area contributed by atoms with Crippen molar-refractivity contribution in [1.82, 2.24) is 20.4 Å². The first-order chi connectivity index (χ1) is 9.13. The summed E-state index contributed by atoms with van der Waals surface area (Å²) in [6.07, 6.45) is 0.881.